The van der Waals surface area contributed by atoms with Crippen molar-refractivity contribution >= 4 is 36.6 Å². The van der Waals surface area contributed by atoms with E-state index in [9.17, 15) is 43.6 Å². The number of amides is 1. The van der Waals surface area contributed by atoms with Crippen molar-refractivity contribution < 1.29 is 67.3 Å². The second-order valence-electron chi connectivity index (χ2n) is 21.0. The van der Waals surface area contributed by atoms with Crippen molar-refractivity contribution in [2.75, 3.05) is 40.7 Å². The summed E-state index contributed by atoms with van der Waals surface area (Å²) < 4.78 is 42.1. The van der Waals surface area contributed by atoms with Gasteiger partial charge < -0.3 is 43.7 Å². The summed E-state index contributed by atoms with van der Waals surface area (Å²) in [4.78, 5) is 82.3. The molecule has 16 atom stereocenters. The van der Waals surface area contributed by atoms with Gasteiger partial charge in [-0.2, -0.15) is 0 Å². The van der Waals surface area contributed by atoms with E-state index in [1.165, 1.54) is 18.7 Å². The second-order valence-corrected chi connectivity index (χ2v) is 23.5. The molecular weight excluding hydrogens is 906 g/mol. The minimum atomic E-state index is -3.29. The lowest BCUT2D eigenvalue weighted by Crippen LogP contribution is -2.61. The summed E-state index contributed by atoms with van der Waals surface area (Å²) in [5.74, 6) is -8.26. The number of methoxy groups -OCH3 is 3. The number of hydrogen-bond donors (Lipinski definition) is 3. The van der Waals surface area contributed by atoms with Gasteiger partial charge in [0.1, 0.15) is 30.1 Å². The highest BCUT2D eigenvalue weighted by Gasteiger charge is 2.53. The number of nitrogens with zero attached hydrogens (tertiary/aromatic N) is 1. The van der Waals surface area contributed by atoms with E-state index in [1.54, 1.807) is 41.1 Å². The maximum absolute atomic E-state index is 14.5. The van der Waals surface area contributed by atoms with E-state index in [1.807, 2.05) is 58.1 Å². The van der Waals surface area contributed by atoms with Crippen molar-refractivity contribution in [1.29, 1.82) is 0 Å². The quantitative estimate of drug-likeness (QED) is 0.0941. The first kappa shape index (κ1) is 58.4. The van der Waals surface area contributed by atoms with Crippen LogP contribution < -0.4 is 0 Å². The number of ether oxygens (including phenoxy) is 5. The van der Waals surface area contributed by atoms with Crippen LogP contribution in [0.5, 0.6) is 0 Å². The summed E-state index contributed by atoms with van der Waals surface area (Å²) in [6.07, 6.45) is 11.9. The topological polar surface area (TPSA) is 212 Å². The molecule has 3 aliphatic heterocycles. The molecule has 16 heteroatoms. The lowest BCUT2D eigenvalue weighted by molar-refractivity contribution is -0.265. The predicted molar refractivity (Wildman–Crippen MR) is 263 cm³/mol. The average molecular weight is 990 g/mol. The van der Waals surface area contributed by atoms with Gasteiger partial charge in [0.05, 0.1) is 18.3 Å². The van der Waals surface area contributed by atoms with Gasteiger partial charge in [-0.3, -0.25) is 23.7 Å². The van der Waals surface area contributed by atoms with E-state index < -0.39 is 85.1 Å². The molecule has 0 aromatic heterocycles. The molecule has 1 amide bonds. The first-order chi connectivity index (χ1) is 32.4. The third-order valence-corrected chi connectivity index (χ3v) is 16.4. The van der Waals surface area contributed by atoms with Gasteiger partial charge >= 0.3 is 5.97 Å². The average Bonchev–Trinajstić information content (AvgIpc) is 3.30. The van der Waals surface area contributed by atoms with Gasteiger partial charge in [-0.1, -0.05) is 71.1 Å². The highest BCUT2D eigenvalue weighted by atomic mass is 31.2. The number of esters is 1. The zero-order chi connectivity index (χ0) is 51.4. The molecular formula is C53H84NO14P. The van der Waals surface area contributed by atoms with Crippen LogP contribution in [0.15, 0.2) is 47.6 Å². The Labute approximate surface area is 411 Å². The number of rotatable bonds is 8. The summed E-state index contributed by atoms with van der Waals surface area (Å²) in [6.45, 7) is 14.0. The summed E-state index contributed by atoms with van der Waals surface area (Å²) >= 11 is 0. The number of aliphatic hydroxyl groups excluding tert-OH is 1. The third kappa shape index (κ3) is 16.2. The molecule has 2 bridgehead atoms. The lowest BCUT2D eigenvalue weighted by Gasteiger charge is -2.42. The van der Waals surface area contributed by atoms with Crippen LogP contribution in [0.1, 0.15) is 126 Å². The standard InChI is InChI=1S/C53H84NO14P/c1-32-17-13-12-14-18-33(2)44(64-8)29-41-23-20-38(7)53(61,68-41)50(58)51(59)54-24-16-15-19-42(54)52(60)67-45(35(4)27-39-21-22-40(31-69(11,62)63)46(28-39)65-9)30-43(55)34(3)26-37(6)48(57)49(66-10)47(56)36(5)25-32/h12-14,17-18,26,32,34-36,38-42,44-46,48-49,57,61H,15-16,19-25,27-31H2,1-11H3,(H,62,63)/t32-,34-,35-,36-,38-,39+,40+,41+,42+,44+,45+,46-,48-,49+,53-/m1/s1. The van der Waals surface area contributed by atoms with Gasteiger partial charge in [0, 0.05) is 71.3 Å². The van der Waals surface area contributed by atoms with Crippen LogP contribution in [-0.2, 0) is 52.2 Å². The highest BCUT2D eigenvalue weighted by molar-refractivity contribution is 7.57. The van der Waals surface area contributed by atoms with E-state index in [0.717, 1.165) is 12.0 Å². The van der Waals surface area contributed by atoms with Gasteiger partial charge in [-0.05, 0) is 113 Å². The fourth-order valence-corrected chi connectivity index (χ4v) is 12.2. The van der Waals surface area contributed by atoms with E-state index in [-0.39, 0.29) is 66.9 Å². The Bertz CT molecular complexity index is 1940. The molecule has 3 heterocycles. The number of Topliss-reactive ketones (excluding diaryl/α,β-unsaturated/α-hetero) is 3. The van der Waals surface area contributed by atoms with Crippen LogP contribution in [0, 0.1) is 41.4 Å². The number of ketones is 3. The second kappa shape index (κ2) is 26.5. The molecule has 2 saturated heterocycles. The number of fused-ring (bicyclic) bond motifs is 3. The molecule has 3 fully saturated rings. The van der Waals surface area contributed by atoms with Crippen molar-refractivity contribution in [3.05, 3.63) is 47.6 Å². The number of aliphatic hydroxyl groups is 2. The molecule has 1 saturated carbocycles. The van der Waals surface area contributed by atoms with Gasteiger partial charge in [-0.25, -0.2) is 4.79 Å². The molecule has 1 aliphatic carbocycles. The molecule has 0 aromatic rings. The number of hydrogen-bond acceptors (Lipinski definition) is 13. The van der Waals surface area contributed by atoms with Gasteiger partial charge in [-0.15, -0.1) is 0 Å². The first-order valence-electron chi connectivity index (χ1n) is 25.2. The number of allylic oxidation sites excluding steroid dienone is 6. The first-order valence-corrected chi connectivity index (χ1v) is 27.5. The van der Waals surface area contributed by atoms with Crippen LogP contribution in [0.2, 0.25) is 0 Å². The van der Waals surface area contributed by atoms with Crippen LogP contribution in [0.4, 0.5) is 0 Å². The van der Waals surface area contributed by atoms with E-state index in [0.29, 0.717) is 63.4 Å². The highest BCUT2D eigenvalue weighted by Crippen LogP contribution is 2.45. The Hall–Kier alpha value is -3.14. The summed E-state index contributed by atoms with van der Waals surface area (Å²) in [7, 11) is 1.25. The van der Waals surface area contributed by atoms with Crippen molar-refractivity contribution in [3.8, 4) is 0 Å². The Morgan fingerprint density at radius 2 is 1.59 bits per heavy atom. The summed E-state index contributed by atoms with van der Waals surface area (Å²) in [5, 5.41) is 23.5. The molecule has 390 valence electrons. The van der Waals surface area contributed by atoms with Gasteiger partial charge in [0.2, 0.25) is 5.79 Å². The number of carbonyl (C=O) groups is 5. The maximum atomic E-state index is 14.5. The van der Waals surface area contributed by atoms with E-state index in [4.69, 9.17) is 23.7 Å². The molecule has 4 rings (SSSR count). The van der Waals surface area contributed by atoms with Crippen LogP contribution in [-0.4, -0.2) is 138 Å². The molecule has 4 aliphatic rings. The molecule has 0 aromatic carbocycles. The normalized spacial score (nSPS) is 37.3. The number of cyclic esters (lactones) is 1. The minimum Gasteiger partial charge on any atom is -0.460 e. The largest absolute Gasteiger partial charge is 0.460 e. The van der Waals surface area contributed by atoms with E-state index >= 15 is 0 Å². The molecule has 69 heavy (non-hydrogen) atoms. The molecule has 0 radical (unpaired) electrons. The van der Waals surface area contributed by atoms with Crippen LogP contribution in [0.25, 0.3) is 0 Å². The monoisotopic (exact) mass is 990 g/mol. The fraction of sp³-hybridized carbons (Fsp3) is 0.755. The van der Waals surface area contributed by atoms with Crippen molar-refractivity contribution in [3.63, 3.8) is 0 Å². The Morgan fingerprint density at radius 3 is 2.25 bits per heavy atom. The van der Waals surface area contributed by atoms with Gasteiger partial charge in [0.15, 0.2) is 13.2 Å². The zero-order valence-corrected chi connectivity index (χ0v) is 44.1. The zero-order valence-electron chi connectivity index (χ0n) is 43.2. The molecule has 15 nitrogen and oxygen atoms in total. The molecule has 0 spiro atoms. The summed E-state index contributed by atoms with van der Waals surface area (Å²) in [5.41, 5.74) is 1.25. The maximum Gasteiger partial charge on any atom is 0.329 e. The molecule has 3 N–H and O–H groups in total. The van der Waals surface area contributed by atoms with E-state index in [2.05, 4.69) is 0 Å². The Balaban J connectivity index is 1.70. The van der Waals surface area contributed by atoms with Gasteiger partial charge in [0.25, 0.3) is 11.7 Å². The Morgan fingerprint density at radius 1 is 0.884 bits per heavy atom. The summed E-state index contributed by atoms with van der Waals surface area (Å²) in [6, 6.07) is -1.16. The lowest BCUT2D eigenvalue weighted by atomic mass is 9.75. The number of carbonyl (C=O) groups excluding carboxylic acids is 5. The Kier molecular flexibility index (Phi) is 22.5. The minimum absolute atomic E-state index is 0.00815. The van der Waals surface area contributed by atoms with Crippen LogP contribution >= 0.6 is 7.37 Å². The SMILES string of the molecule is CO[C@H]1C[C@@H]2CC[C@@H](C)[C@@](O)(O2)C(=O)C(=O)N2CCCC[C@H]2C(=O)O[C@H]([C@H](C)C[C@@H]2CC[C@@H](CP(C)(=O)O)[C@H](OC)C2)CC(=O)[C@H](C)C=C(C)[C@@H](O)[C@@H](OC)C(=O)[C@H](C)C[C@H](C)C=CC=CC=C1C. The van der Waals surface area contributed by atoms with Crippen molar-refractivity contribution in [1.82, 2.24) is 4.90 Å². The third-order valence-electron chi connectivity index (χ3n) is 15.2. The van der Waals surface area contributed by atoms with Crippen molar-refractivity contribution in [2.24, 2.45) is 41.4 Å². The fourth-order valence-electron chi connectivity index (χ4n) is 10.9. The smallest absolute Gasteiger partial charge is 0.329 e. The number of piperidine rings is 1. The predicted octanol–water partition coefficient (Wildman–Crippen LogP) is 7.34. The van der Waals surface area contributed by atoms with Crippen LogP contribution in [0.3, 0.4) is 0 Å². The molecule has 1 unspecified atom stereocenters. The van der Waals surface area contributed by atoms with Crippen molar-refractivity contribution in [2.45, 2.75) is 174 Å².